The van der Waals surface area contributed by atoms with Gasteiger partial charge in [-0.25, -0.2) is 0 Å². The van der Waals surface area contributed by atoms with Gasteiger partial charge in [0.2, 0.25) is 0 Å². The molecule has 54 heavy (non-hydrogen) atoms. The van der Waals surface area contributed by atoms with Crippen molar-refractivity contribution in [1.29, 1.82) is 0 Å². The molecule has 0 radical (unpaired) electrons. The maximum absolute atomic E-state index is 2.42. The second kappa shape index (κ2) is 11.9. The largest absolute Gasteiger partial charge is 0.135 e. The Morgan fingerprint density at radius 3 is 2.13 bits per heavy atom. The van der Waals surface area contributed by atoms with Crippen LogP contribution < -0.4 is 0 Å². The van der Waals surface area contributed by atoms with Gasteiger partial charge in [-0.1, -0.05) is 152 Å². The molecule has 0 fully saturated rings. The zero-order valence-electron chi connectivity index (χ0n) is 29.6. The van der Waals surface area contributed by atoms with Gasteiger partial charge in [0.05, 0.1) is 0 Å². The third kappa shape index (κ3) is 4.42. The molecule has 0 spiro atoms. The third-order valence-electron chi connectivity index (χ3n) is 12.2. The van der Waals surface area contributed by atoms with Crippen LogP contribution in [0, 0.1) is 5.92 Å². The second-order valence-corrected chi connectivity index (χ2v) is 17.0. The Balaban J connectivity index is 1.09. The first kappa shape index (κ1) is 30.6. The van der Waals surface area contributed by atoms with Gasteiger partial charge in [0.1, 0.15) is 0 Å². The highest BCUT2D eigenvalue weighted by atomic mass is 32.1. The maximum Gasteiger partial charge on any atom is 0.0434 e. The molecule has 1 unspecified atom stereocenters. The van der Waals surface area contributed by atoms with Gasteiger partial charge < -0.3 is 0 Å². The average molecular weight is 723 g/mol. The summed E-state index contributed by atoms with van der Waals surface area (Å²) in [6, 6.07) is 50.3. The van der Waals surface area contributed by atoms with E-state index >= 15 is 0 Å². The highest BCUT2D eigenvalue weighted by molar-refractivity contribution is 7.26. The average Bonchev–Trinajstić information content (AvgIpc) is 3.82. The molecule has 1 atom stereocenters. The van der Waals surface area contributed by atoms with Crippen LogP contribution in [-0.4, -0.2) is 0 Å². The van der Waals surface area contributed by atoms with Crippen molar-refractivity contribution >= 4 is 91.0 Å². The van der Waals surface area contributed by atoms with Gasteiger partial charge in [-0.15, -0.1) is 22.7 Å². The van der Waals surface area contributed by atoms with Crippen molar-refractivity contribution in [1.82, 2.24) is 0 Å². The van der Waals surface area contributed by atoms with Crippen molar-refractivity contribution < 1.29 is 0 Å². The van der Waals surface area contributed by atoms with Crippen LogP contribution >= 0.6 is 22.7 Å². The number of hydrogen-bond donors (Lipinski definition) is 0. The number of thiophene rings is 2. The topological polar surface area (TPSA) is 0 Å². The van der Waals surface area contributed by atoms with E-state index in [1.165, 1.54) is 112 Å². The molecule has 0 saturated carbocycles. The van der Waals surface area contributed by atoms with E-state index in [1.807, 2.05) is 22.7 Å². The fourth-order valence-electron chi connectivity index (χ4n) is 9.84. The van der Waals surface area contributed by atoms with Crippen molar-refractivity contribution in [3.63, 3.8) is 0 Å². The molecule has 3 aliphatic rings. The Kier molecular flexibility index (Phi) is 6.72. The number of hydrogen-bond acceptors (Lipinski definition) is 2. The lowest BCUT2D eigenvalue weighted by atomic mass is 9.69. The van der Waals surface area contributed by atoms with Crippen molar-refractivity contribution in [2.75, 3.05) is 0 Å². The zero-order valence-corrected chi connectivity index (χ0v) is 31.2. The van der Waals surface area contributed by atoms with E-state index in [1.54, 1.807) is 0 Å². The molecule has 0 amide bonds. The smallest absolute Gasteiger partial charge is 0.0434 e. The van der Waals surface area contributed by atoms with Gasteiger partial charge in [-0.3, -0.25) is 0 Å². The molecule has 2 heterocycles. The quantitative estimate of drug-likeness (QED) is 0.170. The molecule has 7 aromatic carbocycles. The first-order valence-corrected chi connectivity index (χ1v) is 20.7. The summed E-state index contributed by atoms with van der Waals surface area (Å²) in [5.41, 5.74) is 15.3. The van der Waals surface area contributed by atoms with Crippen molar-refractivity contribution in [2.24, 2.45) is 5.92 Å². The normalized spacial score (nSPS) is 16.4. The summed E-state index contributed by atoms with van der Waals surface area (Å²) in [4.78, 5) is 0. The Hall–Kier alpha value is -5.80. The van der Waals surface area contributed by atoms with Crippen LogP contribution in [0.25, 0.3) is 79.5 Å². The van der Waals surface area contributed by atoms with Crippen molar-refractivity contribution in [3.8, 4) is 11.1 Å². The molecule has 2 aromatic heterocycles. The van der Waals surface area contributed by atoms with E-state index in [-0.39, 0.29) is 5.92 Å². The van der Waals surface area contributed by atoms with Gasteiger partial charge in [0.25, 0.3) is 0 Å². The number of aryl methyl sites for hydroxylation is 1. The van der Waals surface area contributed by atoms with Crippen molar-refractivity contribution in [3.05, 3.63) is 197 Å². The summed E-state index contributed by atoms with van der Waals surface area (Å²) >= 11 is 3.92. The predicted molar refractivity (Wildman–Crippen MR) is 236 cm³/mol. The van der Waals surface area contributed by atoms with E-state index in [9.17, 15) is 0 Å². The van der Waals surface area contributed by atoms with Crippen LogP contribution in [0.1, 0.15) is 39.8 Å². The Bertz CT molecular complexity index is 3180. The first-order chi connectivity index (χ1) is 26.8. The molecule has 254 valence electrons. The summed E-state index contributed by atoms with van der Waals surface area (Å²) in [6.07, 6.45) is 15.0. The van der Waals surface area contributed by atoms with Crippen LogP contribution in [0.5, 0.6) is 0 Å². The zero-order chi connectivity index (χ0) is 35.3. The molecule has 12 rings (SSSR count). The maximum atomic E-state index is 2.42. The minimum absolute atomic E-state index is 0.233. The molecule has 3 aliphatic carbocycles. The Morgan fingerprint density at radius 2 is 1.22 bits per heavy atom. The molecule has 0 aliphatic heterocycles. The van der Waals surface area contributed by atoms with Gasteiger partial charge in [-0.2, -0.15) is 0 Å². The molecule has 0 bridgehead atoms. The lowest BCUT2D eigenvalue weighted by molar-refractivity contribution is 0.776. The van der Waals surface area contributed by atoms with Crippen LogP contribution in [0.3, 0.4) is 0 Å². The molecule has 2 heteroatoms. The molecular weight excluding hydrogens is 689 g/mol. The van der Waals surface area contributed by atoms with Crippen LogP contribution in [0.4, 0.5) is 0 Å². The Morgan fingerprint density at radius 1 is 0.519 bits per heavy atom. The van der Waals surface area contributed by atoms with E-state index in [4.69, 9.17) is 0 Å². The monoisotopic (exact) mass is 722 g/mol. The minimum Gasteiger partial charge on any atom is -0.135 e. The second-order valence-electron chi connectivity index (χ2n) is 14.9. The number of allylic oxidation sites excluding steroid dienone is 6. The first-order valence-electron chi connectivity index (χ1n) is 19.1. The van der Waals surface area contributed by atoms with Gasteiger partial charge in [0, 0.05) is 46.3 Å². The van der Waals surface area contributed by atoms with E-state index in [0.717, 1.165) is 19.3 Å². The number of rotatable bonds is 3. The van der Waals surface area contributed by atoms with Gasteiger partial charge in [-0.05, 0) is 103 Å². The van der Waals surface area contributed by atoms with E-state index in [0.29, 0.717) is 0 Å². The lowest BCUT2D eigenvalue weighted by Crippen LogP contribution is -2.20. The summed E-state index contributed by atoms with van der Waals surface area (Å²) in [7, 11) is 0. The Labute approximate surface area is 322 Å². The number of fused-ring (bicyclic) bond motifs is 12. The molecule has 0 nitrogen and oxygen atoms in total. The summed E-state index contributed by atoms with van der Waals surface area (Å²) in [5, 5.41) is 8.24. The molecule has 0 saturated heterocycles. The minimum atomic E-state index is 0.233. The van der Waals surface area contributed by atoms with Gasteiger partial charge in [0.15, 0.2) is 0 Å². The molecular formula is C52H34S2. The highest BCUT2D eigenvalue weighted by Crippen LogP contribution is 2.52. The fraction of sp³-hybridized carbons (Fsp3) is 0.0769. The summed E-state index contributed by atoms with van der Waals surface area (Å²) in [5.74, 6) is 0.233. The standard InChI is InChI=1S/C52H34S2/c1-2-14-33(15-3-1)48-38-20-8-18-36(40-22-10-24-42-49-34-16-6-4-12-31(34)26-28-46(49)53-51(40)42)44(38)30-45-37(19-9-21-39(45)48)41-23-11-25-43-50-35-17-7-5-13-32(35)27-29-47(50)54-52(41)43/h1-6,8-16,18-29,45H,7,17,30H2. The van der Waals surface area contributed by atoms with Gasteiger partial charge >= 0.3 is 0 Å². The SMILES string of the molecule is C1=CC2=C(c3ccccc3)c3cccc(-c4cccc5c4sc4ccc6ccccc6c45)c3CC2C(c2cccc3c2sc2ccc4c(c23)CCC=C4)=C1. The van der Waals surface area contributed by atoms with Crippen LogP contribution in [0.2, 0.25) is 0 Å². The lowest BCUT2D eigenvalue weighted by Gasteiger charge is -2.34. The molecule has 0 N–H and O–H groups in total. The summed E-state index contributed by atoms with van der Waals surface area (Å²) in [6.45, 7) is 0. The predicted octanol–water partition coefficient (Wildman–Crippen LogP) is 14.8. The van der Waals surface area contributed by atoms with E-state index < -0.39 is 0 Å². The van der Waals surface area contributed by atoms with Crippen LogP contribution in [0.15, 0.2) is 163 Å². The van der Waals surface area contributed by atoms with E-state index in [2.05, 4.69) is 164 Å². The molecule has 9 aromatic rings. The van der Waals surface area contributed by atoms with Crippen molar-refractivity contribution in [2.45, 2.75) is 19.3 Å². The van der Waals surface area contributed by atoms with Crippen LogP contribution in [-0.2, 0) is 12.8 Å². The number of benzene rings is 7. The third-order valence-corrected chi connectivity index (χ3v) is 14.6. The highest BCUT2D eigenvalue weighted by Gasteiger charge is 2.34. The summed E-state index contributed by atoms with van der Waals surface area (Å²) < 4.78 is 5.55. The fourth-order valence-corrected chi connectivity index (χ4v) is 12.4.